The summed E-state index contributed by atoms with van der Waals surface area (Å²) in [4.78, 5) is 16.3. The number of nitrogens with one attached hydrogen (secondary N) is 3. The highest BCUT2D eigenvalue weighted by molar-refractivity contribution is 6.30. The Morgan fingerprint density at radius 2 is 2.10 bits per heavy atom. The summed E-state index contributed by atoms with van der Waals surface area (Å²) in [6, 6.07) is 10.2. The van der Waals surface area contributed by atoms with Gasteiger partial charge in [-0.2, -0.15) is 5.10 Å². The third-order valence-electron chi connectivity index (χ3n) is 2.88. The van der Waals surface area contributed by atoms with Crippen LogP contribution < -0.4 is 10.6 Å². The van der Waals surface area contributed by atoms with Crippen molar-refractivity contribution in [1.29, 1.82) is 0 Å². The number of halogens is 1. The van der Waals surface area contributed by atoms with Gasteiger partial charge < -0.3 is 5.32 Å². The SMILES string of the molecule is Cc1ccc2c(NC(=O)Nc3cccc(Cl)c3)n[nH]c2n1. The van der Waals surface area contributed by atoms with Crippen molar-refractivity contribution >= 4 is 40.2 Å². The van der Waals surface area contributed by atoms with Crippen LogP contribution >= 0.6 is 11.6 Å². The molecule has 6 nitrogen and oxygen atoms in total. The molecule has 106 valence electrons. The van der Waals surface area contributed by atoms with Gasteiger partial charge in [-0.1, -0.05) is 17.7 Å². The van der Waals surface area contributed by atoms with Crippen molar-refractivity contribution in [1.82, 2.24) is 15.2 Å². The topological polar surface area (TPSA) is 82.7 Å². The summed E-state index contributed by atoms with van der Waals surface area (Å²) < 4.78 is 0. The molecular formula is C14H12ClN5O. The second-order valence-electron chi connectivity index (χ2n) is 4.51. The number of carbonyl (C=O) groups excluding carboxylic acids is 1. The molecule has 0 unspecified atom stereocenters. The van der Waals surface area contributed by atoms with Crippen LogP contribution in [0.5, 0.6) is 0 Å². The Balaban J connectivity index is 1.77. The molecule has 0 aliphatic carbocycles. The summed E-state index contributed by atoms with van der Waals surface area (Å²) in [5, 5.41) is 13.5. The van der Waals surface area contributed by atoms with Gasteiger partial charge in [0.05, 0.1) is 5.39 Å². The first-order valence-corrected chi connectivity index (χ1v) is 6.65. The second-order valence-corrected chi connectivity index (χ2v) is 4.95. The largest absolute Gasteiger partial charge is 0.324 e. The van der Waals surface area contributed by atoms with Gasteiger partial charge in [-0.15, -0.1) is 0 Å². The lowest BCUT2D eigenvalue weighted by molar-refractivity contribution is 0.262. The number of H-pyrrole nitrogens is 1. The van der Waals surface area contributed by atoms with E-state index in [0.29, 0.717) is 22.2 Å². The zero-order chi connectivity index (χ0) is 14.8. The number of hydrogen-bond acceptors (Lipinski definition) is 3. The molecule has 1 aromatic carbocycles. The molecule has 0 atom stereocenters. The quantitative estimate of drug-likeness (QED) is 0.676. The second kappa shape index (κ2) is 5.41. The van der Waals surface area contributed by atoms with Crippen LogP contribution in [0, 0.1) is 6.92 Å². The van der Waals surface area contributed by atoms with Gasteiger partial charge in [0, 0.05) is 16.4 Å². The molecule has 2 heterocycles. The van der Waals surface area contributed by atoms with E-state index in [1.807, 2.05) is 19.1 Å². The summed E-state index contributed by atoms with van der Waals surface area (Å²) in [6.45, 7) is 1.89. The van der Waals surface area contributed by atoms with E-state index in [1.165, 1.54) is 0 Å². The highest BCUT2D eigenvalue weighted by Crippen LogP contribution is 2.20. The average molecular weight is 302 g/mol. The minimum Gasteiger partial charge on any atom is -0.308 e. The molecule has 0 saturated heterocycles. The van der Waals surface area contributed by atoms with Crippen LogP contribution in [0.2, 0.25) is 5.02 Å². The zero-order valence-electron chi connectivity index (χ0n) is 11.1. The summed E-state index contributed by atoms with van der Waals surface area (Å²) in [7, 11) is 0. The van der Waals surface area contributed by atoms with Gasteiger partial charge in [0.1, 0.15) is 0 Å². The fourth-order valence-corrected chi connectivity index (χ4v) is 2.12. The first-order valence-electron chi connectivity index (χ1n) is 6.27. The molecule has 3 N–H and O–H groups in total. The van der Waals surface area contributed by atoms with E-state index in [0.717, 1.165) is 11.1 Å². The molecule has 0 aliphatic rings. The van der Waals surface area contributed by atoms with E-state index in [4.69, 9.17) is 11.6 Å². The summed E-state index contributed by atoms with van der Waals surface area (Å²) in [5.41, 5.74) is 2.11. The smallest absolute Gasteiger partial charge is 0.308 e. The number of fused-ring (bicyclic) bond motifs is 1. The van der Waals surface area contributed by atoms with E-state index in [1.54, 1.807) is 24.3 Å². The number of carbonyl (C=O) groups is 1. The fraction of sp³-hybridized carbons (Fsp3) is 0.0714. The molecule has 3 aromatic rings. The molecule has 0 spiro atoms. The van der Waals surface area contributed by atoms with Crippen LogP contribution in [-0.2, 0) is 0 Å². The number of amides is 2. The molecule has 21 heavy (non-hydrogen) atoms. The van der Waals surface area contributed by atoms with Crippen LogP contribution in [0.1, 0.15) is 5.69 Å². The lowest BCUT2D eigenvalue weighted by Gasteiger charge is -2.06. The molecule has 0 bridgehead atoms. The summed E-state index contributed by atoms with van der Waals surface area (Å²) in [6.07, 6.45) is 0. The number of urea groups is 1. The molecule has 0 fully saturated rings. The predicted octanol–water partition coefficient (Wildman–Crippen LogP) is 3.56. The monoisotopic (exact) mass is 301 g/mol. The number of aryl methyl sites for hydroxylation is 1. The molecule has 2 aromatic heterocycles. The summed E-state index contributed by atoms with van der Waals surface area (Å²) in [5.74, 6) is 0.428. The lowest BCUT2D eigenvalue weighted by atomic mass is 10.3. The third kappa shape index (κ3) is 2.95. The number of hydrogen-bond donors (Lipinski definition) is 3. The number of benzene rings is 1. The van der Waals surface area contributed by atoms with E-state index in [-0.39, 0.29) is 0 Å². The number of pyridine rings is 1. The Labute approximate surface area is 125 Å². The Morgan fingerprint density at radius 1 is 1.24 bits per heavy atom. The Hall–Kier alpha value is -2.60. The maximum atomic E-state index is 12.0. The average Bonchev–Trinajstić information content (AvgIpc) is 2.81. The summed E-state index contributed by atoms with van der Waals surface area (Å²) >= 11 is 5.87. The van der Waals surface area contributed by atoms with Crippen LogP contribution in [0.15, 0.2) is 36.4 Å². The zero-order valence-corrected chi connectivity index (χ0v) is 11.9. The number of nitrogens with zero attached hydrogens (tertiary/aromatic N) is 2. The maximum absolute atomic E-state index is 12.0. The third-order valence-corrected chi connectivity index (χ3v) is 3.11. The normalized spacial score (nSPS) is 10.6. The minimum absolute atomic E-state index is 0.397. The van der Waals surface area contributed by atoms with Crippen molar-refractivity contribution in [3.05, 3.63) is 47.1 Å². The molecule has 3 rings (SSSR count). The van der Waals surface area contributed by atoms with Gasteiger partial charge in [0.25, 0.3) is 0 Å². The molecule has 0 aliphatic heterocycles. The number of aromatic nitrogens is 3. The van der Waals surface area contributed by atoms with E-state index in [2.05, 4.69) is 25.8 Å². The fourth-order valence-electron chi connectivity index (χ4n) is 1.93. The van der Waals surface area contributed by atoms with Crippen molar-refractivity contribution in [2.75, 3.05) is 10.6 Å². The van der Waals surface area contributed by atoms with Crippen molar-refractivity contribution in [2.45, 2.75) is 6.92 Å². The number of aromatic amines is 1. The molecule has 2 amide bonds. The van der Waals surface area contributed by atoms with Crippen molar-refractivity contribution < 1.29 is 4.79 Å². The predicted molar refractivity (Wildman–Crippen MR) is 82.7 cm³/mol. The van der Waals surface area contributed by atoms with Crippen molar-refractivity contribution in [3.63, 3.8) is 0 Å². The van der Waals surface area contributed by atoms with Gasteiger partial charge in [-0.25, -0.2) is 9.78 Å². The lowest BCUT2D eigenvalue weighted by Crippen LogP contribution is -2.19. The number of anilines is 2. The maximum Gasteiger partial charge on any atom is 0.324 e. The molecular weight excluding hydrogens is 290 g/mol. The van der Waals surface area contributed by atoms with Crippen molar-refractivity contribution in [3.8, 4) is 0 Å². The highest BCUT2D eigenvalue weighted by Gasteiger charge is 2.10. The molecule has 0 saturated carbocycles. The minimum atomic E-state index is -0.397. The van der Waals surface area contributed by atoms with Crippen LogP contribution in [0.3, 0.4) is 0 Å². The first kappa shape index (κ1) is 13.4. The van der Waals surface area contributed by atoms with E-state index >= 15 is 0 Å². The van der Waals surface area contributed by atoms with Crippen molar-refractivity contribution in [2.24, 2.45) is 0 Å². The van der Waals surface area contributed by atoms with E-state index in [9.17, 15) is 4.79 Å². The van der Waals surface area contributed by atoms with Crippen LogP contribution in [0.25, 0.3) is 11.0 Å². The van der Waals surface area contributed by atoms with Gasteiger partial charge >= 0.3 is 6.03 Å². The van der Waals surface area contributed by atoms with Gasteiger partial charge in [0.2, 0.25) is 0 Å². The molecule has 7 heteroatoms. The number of rotatable bonds is 2. The Bertz CT molecular complexity index is 814. The van der Waals surface area contributed by atoms with Crippen LogP contribution in [-0.4, -0.2) is 21.2 Å². The standard InChI is InChI=1S/C14H12ClN5O/c1-8-5-6-11-12(16-8)19-20-13(11)18-14(21)17-10-4-2-3-9(15)7-10/h2-7H,1H3,(H3,16,17,18,19,20,21). The Morgan fingerprint density at radius 3 is 2.90 bits per heavy atom. The van der Waals surface area contributed by atoms with Gasteiger partial charge in [-0.05, 0) is 37.3 Å². The first-order chi connectivity index (χ1) is 10.1. The van der Waals surface area contributed by atoms with Gasteiger partial charge in [0.15, 0.2) is 11.5 Å². The molecule has 0 radical (unpaired) electrons. The van der Waals surface area contributed by atoms with Gasteiger partial charge in [-0.3, -0.25) is 10.4 Å². The highest BCUT2D eigenvalue weighted by atomic mass is 35.5. The van der Waals surface area contributed by atoms with E-state index < -0.39 is 6.03 Å². The van der Waals surface area contributed by atoms with Crippen LogP contribution in [0.4, 0.5) is 16.3 Å². The Kier molecular flexibility index (Phi) is 3.45.